The van der Waals surface area contributed by atoms with Crippen molar-refractivity contribution in [2.45, 2.75) is 33.2 Å². The molecule has 2 heterocycles. The average molecular weight is 264 g/mol. The fourth-order valence-corrected chi connectivity index (χ4v) is 2.24. The van der Waals surface area contributed by atoms with Gasteiger partial charge in [0.1, 0.15) is 0 Å². The molecule has 0 radical (unpaired) electrons. The van der Waals surface area contributed by atoms with Gasteiger partial charge in [-0.15, -0.1) is 0 Å². The van der Waals surface area contributed by atoms with Crippen LogP contribution in [0.4, 0.5) is 0 Å². The summed E-state index contributed by atoms with van der Waals surface area (Å²) in [7, 11) is 3.13. The maximum atomic E-state index is 12.2. The predicted octanol–water partition coefficient (Wildman–Crippen LogP) is 0.870. The van der Waals surface area contributed by atoms with Crippen LogP contribution in [0, 0.1) is 5.92 Å². The zero-order valence-corrected chi connectivity index (χ0v) is 11.9. The highest BCUT2D eigenvalue weighted by Gasteiger charge is 2.13. The molecule has 0 aliphatic heterocycles. The topological polar surface area (TPSA) is 61.8 Å². The van der Waals surface area contributed by atoms with Gasteiger partial charge in [0.15, 0.2) is 11.2 Å². The largest absolute Gasteiger partial charge is 0.332 e. The van der Waals surface area contributed by atoms with E-state index < -0.39 is 0 Å². The highest BCUT2D eigenvalue weighted by atomic mass is 16.2. The lowest BCUT2D eigenvalue weighted by molar-refractivity contribution is 0.515. The van der Waals surface area contributed by atoms with Crippen LogP contribution in [0.15, 0.2) is 15.9 Å². The van der Waals surface area contributed by atoms with Crippen LogP contribution >= 0.6 is 0 Å². The van der Waals surface area contributed by atoms with Gasteiger partial charge in [-0.1, -0.05) is 13.8 Å². The van der Waals surface area contributed by atoms with Gasteiger partial charge in [-0.2, -0.15) is 0 Å². The smallest absolute Gasteiger partial charge is 0.325 e. The number of aromatic nitrogens is 4. The molecular weight excluding hydrogens is 244 g/mol. The first kappa shape index (κ1) is 13.6. The molecule has 2 rings (SSSR count). The van der Waals surface area contributed by atoms with Crippen LogP contribution in [-0.4, -0.2) is 18.7 Å². The van der Waals surface area contributed by atoms with E-state index in [0.29, 0.717) is 17.1 Å². The summed E-state index contributed by atoms with van der Waals surface area (Å²) in [5.41, 5.74) is 0.344. The molecule has 0 aliphatic rings. The van der Waals surface area contributed by atoms with Gasteiger partial charge in [0, 0.05) is 20.6 Å². The van der Waals surface area contributed by atoms with E-state index in [4.69, 9.17) is 0 Å². The van der Waals surface area contributed by atoms with Crippen molar-refractivity contribution in [3.8, 4) is 0 Å². The molecule has 104 valence electrons. The molecule has 2 aromatic rings. The van der Waals surface area contributed by atoms with E-state index >= 15 is 0 Å². The quantitative estimate of drug-likeness (QED) is 0.823. The van der Waals surface area contributed by atoms with E-state index in [0.717, 1.165) is 24.0 Å². The van der Waals surface area contributed by atoms with Crippen molar-refractivity contribution in [2.75, 3.05) is 0 Å². The van der Waals surface area contributed by atoms with Crippen molar-refractivity contribution in [3.05, 3.63) is 27.2 Å². The molecule has 0 spiro atoms. The van der Waals surface area contributed by atoms with E-state index in [1.54, 1.807) is 13.4 Å². The molecule has 0 unspecified atom stereocenters. The Balaban J connectivity index is 2.48. The highest BCUT2D eigenvalue weighted by molar-refractivity contribution is 5.69. The molecule has 6 nitrogen and oxygen atoms in total. The van der Waals surface area contributed by atoms with Gasteiger partial charge in [-0.3, -0.25) is 13.9 Å². The van der Waals surface area contributed by atoms with Crippen LogP contribution in [0.25, 0.3) is 11.2 Å². The zero-order valence-electron chi connectivity index (χ0n) is 11.9. The van der Waals surface area contributed by atoms with Gasteiger partial charge in [-0.25, -0.2) is 9.78 Å². The van der Waals surface area contributed by atoms with Crippen molar-refractivity contribution in [2.24, 2.45) is 20.0 Å². The summed E-state index contributed by atoms with van der Waals surface area (Å²) in [5.74, 6) is 0.641. The first-order valence-electron chi connectivity index (χ1n) is 6.54. The Labute approximate surface area is 111 Å². The van der Waals surface area contributed by atoms with Crippen molar-refractivity contribution in [1.82, 2.24) is 18.7 Å². The van der Waals surface area contributed by atoms with E-state index in [-0.39, 0.29) is 11.2 Å². The number of rotatable bonds is 4. The lowest BCUT2D eigenvalue weighted by Crippen LogP contribution is -2.37. The number of nitrogens with zero attached hydrogens (tertiary/aromatic N) is 4. The molecule has 0 saturated heterocycles. The van der Waals surface area contributed by atoms with Gasteiger partial charge >= 0.3 is 5.69 Å². The Kier molecular flexibility index (Phi) is 3.59. The highest BCUT2D eigenvalue weighted by Crippen LogP contribution is 2.09. The molecule has 0 aliphatic carbocycles. The second-order valence-electron chi connectivity index (χ2n) is 5.35. The van der Waals surface area contributed by atoms with E-state index in [9.17, 15) is 9.59 Å². The standard InChI is InChI=1S/C13H20N4O2/c1-9(2)6-5-7-17-8-14-11-10(17)12(18)16(4)13(19)15(11)3/h8-9H,5-7H2,1-4H3. The van der Waals surface area contributed by atoms with Crippen LogP contribution < -0.4 is 11.2 Å². The first-order valence-corrected chi connectivity index (χ1v) is 6.54. The zero-order chi connectivity index (χ0) is 14.2. The maximum absolute atomic E-state index is 12.2. The summed E-state index contributed by atoms with van der Waals surface area (Å²) in [5, 5.41) is 0. The molecule has 19 heavy (non-hydrogen) atoms. The molecule has 0 fully saturated rings. The minimum Gasteiger partial charge on any atom is -0.325 e. The van der Waals surface area contributed by atoms with Crippen molar-refractivity contribution in [1.29, 1.82) is 0 Å². The van der Waals surface area contributed by atoms with Crippen LogP contribution in [0.1, 0.15) is 26.7 Å². The van der Waals surface area contributed by atoms with E-state index in [1.807, 2.05) is 4.57 Å². The molecule has 0 bridgehead atoms. The molecule has 0 N–H and O–H groups in total. The van der Waals surface area contributed by atoms with Crippen LogP contribution in [0.3, 0.4) is 0 Å². The molecule has 0 atom stereocenters. The lowest BCUT2D eigenvalue weighted by Gasteiger charge is -2.07. The fraction of sp³-hybridized carbons (Fsp3) is 0.615. The molecule has 6 heteroatoms. The Bertz CT molecular complexity index is 706. The third-order valence-electron chi connectivity index (χ3n) is 3.40. The number of imidazole rings is 1. The minimum atomic E-state index is -0.343. The third-order valence-corrected chi connectivity index (χ3v) is 3.40. The monoisotopic (exact) mass is 264 g/mol. The van der Waals surface area contributed by atoms with E-state index in [2.05, 4.69) is 18.8 Å². The number of aryl methyl sites for hydroxylation is 2. The summed E-state index contributed by atoms with van der Waals surface area (Å²) >= 11 is 0. The Morgan fingerprint density at radius 3 is 2.53 bits per heavy atom. The molecular formula is C13H20N4O2. The average Bonchev–Trinajstić information content (AvgIpc) is 2.77. The fourth-order valence-electron chi connectivity index (χ4n) is 2.24. The van der Waals surface area contributed by atoms with Crippen molar-refractivity contribution < 1.29 is 0 Å². The number of fused-ring (bicyclic) bond motifs is 1. The Morgan fingerprint density at radius 1 is 1.21 bits per heavy atom. The van der Waals surface area contributed by atoms with E-state index in [1.165, 1.54) is 11.6 Å². The SMILES string of the molecule is CC(C)CCCn1cnc2c1c(=O)n(C)c(=O)n2C. The third kappa shape index (κ3) is 2.34. The summed E-state index contributed by atoms with van der Waals surface area (Å²) in [6.07, 6.45) is 3.74. The molecule has 0 saturated carbocycles. The van der Waals surface area contributed by atoms with Gasteiger partial charge in [0.05, 0.1) is 6.33 Å². The molecule has 0 amide bonds. The number of hydrogen-bond donors (Lipinski definition) is 0. The van der Waals surface area contributed by atoms with Crippen LogP contribution in [0.2, 0.25) is 0 Å². The van der Waals surface area contributed by atoms with Crippen molar-refractivity contribution >= 4 is 11.2 Å². The summed E-state index contributed by atoms with van der Waals surface area (Å²) in [4.78, 5) is 28.2. The Hall–Kier alpha value is -1.85. The van der Waals surface area contributed by atoms with Crippen LogP contribution in [-0.2, 0) is 20.6 Å². The maximum Gasteiger partial charge on any atom is 0.332 e. The predicted molar refractivity (Wildman–Crippen MR) is 74.3 cm³/mol. The van der Waals surface area contributed by atoms with Gasteiger partial charge in [0.2, 0.25) is 0 Å². The van der Waals surface area contributed by atoms with Gasteiger partial charge < -0.3 is 4.57 Å². The normalized spacial score (nSPS) is 11.6. The minimum absolute atomic E-state index is 0.278. The second kappa shape index (κ2) is 5.03. The lowest BCUT2D eigenvalue weighted by atomic mass is 10.1. The molecule has 2 aromatic heterocycles. The Morgan fingerprint density at radius 2 is 1.89 bits per heavy atom. The van der Waals surface area contributed by atoms with Gasteiger partial charge in [0.25, 0.3) is 5.56 Å². The van der Waals surface area contributed by atoms with Crippen molar-refractivity contribution in [3.63, 3.8) is 0 Å². The summed E-state index contributed by atoms with van der Waals surface area (Å²) in [6, 6.07) is 0. The van der Waals surface area contributed by atoms with Crippen LogP contribution in [0.5, 0.6) is 0 Å². The number of hydrogen-bond acceptors (Lipinski definition) is 3. The molecule has 0 aromatic carbocycles. The first-order chi connectivity index (χ1) is 8.93. The summed E-state index contributed by atoms with van der Waals surface area (Å²) < 4.78 is 4.39. The second-order valence-corrected chi connectivity index (χ2v) is 5.35. The summed E-state index contributed by atoms with van der Waals surface area (Å²) in [6.45, 7) is 5.10. The van der Waals surface area contributed by atoms with Gasteiger partial charge in [-0.05, 0) is 18.8 Å².